The molecule has 1 N–H and O–H groups in total. The lowest BCUT2D eigenvalue weighted by atomic mass is 9.97. The first kappa shape index (κ1) is 12.5. The van der Waals surface area contributed by atoms with E-state index in [9.17, 15) is 0 Å². The summed E-state index contributed by atoms with van der Waals surface area (Å²) in [5, 5.41) is 3.24. The highest BCUT2D eigenvalue weighted by Crippen LogP contribution is 2.24. The molecule has 2 nitrogen and oxygen atoms in total. The van der Waals surface area contributed by atoms with Crippen LogP contribution in [0.3, 0.4) is 0 Å². The Morgan fingerprint density at radius 1 is 1.21 bits per heavy atom. The molecule has 1 heterocycles. The minimum Gasteiger partial charge on any atom is -0.351 e. The van der Waals surface area contributed by atoms with Crippen LogP contribution in [0.25, 0.3) is 0 Å². The van der Waals surface area contributed by atoms with Crippen LogP contribution < -0.4 is 5.32 Å². The molecule has 0 fully saturated rings. The summed E-state index contributed by atoms with van der Waals surface area (Å²) in [5.74, 6) is 0. The second-order valence-electron chi connectivity index (χ2n) is 4.85. The van der Waals surface area contributed by atoms with Crippen molar-refractivity contribution < 1.29 is 0 Å². The molecule has 3 heteroatoms. The summed E-state index contributed by atoms with van der Waals surface area (Å²) in [4.78, 5) is 4.48. The lowest BCUT2D eigenvalue weighted by Crippen LogP contribution is -2.29. The van der Waals surface area contributed by atoms with Crippen molar-refractivity contribution >= 4 is 17.3 Å². The fraction of sp³-hybridized carbons (Fsp3) is 0.312. The van der Waals surface area contributed by atoms with Crippen molar-refractivity contribution in [2.45, 2.75) is 31.3 Å². The highest BCUT2D eigenvalue weighted by Gasteiger charge is 2.18. The van der Waals surface area contributed by atoms with Gasteiger partial charge in [0.15, 0.2) is 5.62 Å². The number of aliphatic imine (C=N–C) groups is 1. The van der Waals surface area contributed by atoms with Gasteiger partial charge >= 0.3 is 0 Å². The van der Waals surface area contributed by atoms with E-state index in [2.05, 4.69) is 52.8 Å². The highest BCUT2D eigenvalue weighted by molar-refractivity contribution is 6.23. The van der Waals surface area contributed by atoms with Crippen LogP contribution in [0.1, 0.15) is 25.7 Å². The summed E-state index contributed by atoms with van der Waals surface area (Å²) in [6.45, 7) is 0. The number of hydrogen-bond donors (Lipinski definition) is 1. The molecule has 0 saturated carbocycles. The van der Waals surface area contributed by atoms with E-state index in [1.807, 2.05) is 0 Å². The topological polar surface area (TPSA) is 24.4 Å². The molecular weight excluding hydrogens is 256 g/mol. The summed E-state index contributed by atoms with van der Waals surface area (Å²) in [6.07, 6.45) is 19.5. The largest absolute Gasteiger partial charge is 0.351 e. The van der Waals surface area contributed by atoms with Gasteiger partial charge in [0.05, 0.1) is 5.71 Å². The van der Waals surface area contributed by atoms with Crippen LogP contribution >= 0.6 is 11.6 Å². The van der Waals surface area contributed by atoms with Gasteiger partial charge in [-0.25, -0.2) is 4.99 Å². The molecular formula is C16H17ClN2. The van der Waals surface area contributed by atoms with Crippen molar-refractivity contribution in [2.24, 2.45) is 4.99 Å². The molecule has 2 aliphatic carbocycles. The number of nitrogens with one attached hydrogen (secondary N) is 1. The smallest absolute Gasteiger partial charge is 0.196 e. The maximum atomic E-state index is 6.21. The van der Waals surface area contributed by atoms with Gasteiger partial charge in [0, 0.05) is 5.70 Å². The van der Waals surface area contributed by atoms with E-state index >= 15 is 0 Å². The molecule has 19 heavy (non-hydrogen) atoms. The number of hydrogen-bond acceptors (Lipinski definition) is 2. The van der Waals surface area contributed by atoms with E-state index in [4.69, 9.17) is 11.6 Å². The molecule has 1 unspecified atom stereocenters. The Morgan fingerprint density at radius 2 is 2.16 bits per heavy atom. The van der Waals surface area contributed by atoms with Crippen molar-refractivity contribution in [1.29, 1.82) is 0 Å². The maximum Gasteiger partial charge on any atom is 0.196 e. The third-order valence-corrected chi connectivity index (χ3v) is 3.67. The molecule has 0 bridgehead atoms. The first-order valence-corrected chi connectivity index (χ1v) is 7.20. The van der Waals surface area contributed by atoms with Crippen molar-refractivity contribution in [3.05, 3.63) is 59.4 Å². The summed E-state index contributed by atoms with van der Waals surface area (Å²) < 4.78 is 0. The van der Waals surface area contributed by atoms with Gasteiger partial charge in [-0.1, -0.05) is 48.1 Å². The second-order valence-corrected chi connectivity index (χ2v) is 5.26. The Labute approximate surface area is 118 Å². The molecule has 0 amide bonds. The van der Waals surface area contributed by atoms with Crippen LogP contribution in [0.5, 0.6) is 0 Å². The van der Waals surface area contributed by atoms with Crippen LogP contribution in [0.15, 0.2) is 64.4 Å². The fourth-order valence-corrected chi connectivity index (χ4v) is 2.69. The van der Waals surface area contributed by atoms with Gasteiger partial charge in [-0.2, -0.15) is 0 Å². The van der Waals surface area contributed by atoms with E-state index in [0.29, 0.717) is 0 Å². The van der Waals surface area contributed by atoms with E-state index in [0.717, 1.165) is 37.1 Å². The SMILES string of the molecule is ClC1N=C(C2=CCCC=C2)C=C(C2=CC=CCC2)N1. The Bertz CT molecular complexity index is 547. The fourth-order valence-electron chi connectivity index (χ4n) is 2.47. The van der Waals surface area contributed by atoms with Crippen LogP contribution in [-0.2, 0) is 0 Å². The Hall–Kier alpha value is -1.54. The molecule has 0 aromatic rings. The number of alkyl halides is 1. The van der Waals surface area contributed by atoms with E-state index < -0.39 is 0 Å². The average molecular weight is 273 g/mol. The first-order valence-electron chi connectivity index (χ1n) is 6.76. The van der Waals surface area contributed by atoms with Crippen LogP contribution in [0.2, 0.25) is 0 Å². The summed E-state index contributed by atoms with van der Waals surface area (Å²) >= 11 is 6.21. The molecule has 98 valence electrons. The summed E-state index contributed by atoms with van der Waals surface area (Å²) in [7, 11) is 0. The van der Waals surface area contributed by atoms with Gasteiger partial charge in [-0.05, 0) is 42.9 Å². The Balaban J connectivity index is 1.90. The zero-order valence-corrected chi connectivity index (χ0v) is 11.5. The highest BCUT2D eigenvalue weighted by atomic mass is 35.5. The third kappa shape index (κ3) is 2.90. The molecule has 1 atom stereocenters. The monoisotopic (exact) mass is 272 g/mol. The second kappa shape index (κ2) is 5.62. The van der Waals surface area contributed by atoms with Gasteiger partial charge in [0.2, 0.25) is 0 Å². The minimum absolute atomic E-state index is 0.377. The number of halogens is 1. The average Bonchev–Trinajstić information content (AvgIpc) is 2.48. The zero-order valence-electron chi connectivity index (χ0n) is 10.8. The molecule has 0 aromatic heterocycles. The van der Waals surface area contributed by atoms with E-state index in [1.165, 1.54) is 11.1 Å². The minimum atomic E-state index is -0.377. The van der Waals surface area contributed by atoms with Crippen LogP contribution in [-0.4, -0.2) is 11.3 Å². The standard InChI is InChI=1S/C16H17ClN2/c17-16-18-14(12-7-3-1-4-8-12)11-15(19-16)13-9-5-2-6-10-13/h1,3,5,7,9-11,16,18H,2,4,6,8H2. The number of rotatable bonds is 2. The lowest BCUT2D eigenvalue weighted by molar-refractivity contribution is 0.745. The first-order chi connectivity index (χ1) is 9.33. The predicted molar refractivity (Wildman–Crippen MR) is 81.2 cm³/mol. The third-order valence-electron chi connectivity index (χ3n) is 3.46. The van der Waals surface area contributed by atoms with Crippen LogP contribution in [0, 0.1) is 0 Å². The zero-order chi connectivity index (χ0) is 13.1. The summed E-state index contributed by atoms with van der Waals surface area (Å²) in [6, 6.07) is 0. The van der Waals surface area contributed by atoms with Crippen molar-refractivity contribution in [1.82, 2.24) is 5.32 Å². The van der Waals surface area contributed by atoms with Gasteiger partial charge in [0.25, 0.3) is 0 Å². The van der Waals surface area contributed by atoms with Gasteiger partial charge in [-0.3, -0.25) is 0 Å². The normalized spacial score (nSPS) is 26.1. The van der Waals surface area contributed by atoms with Crippen molar-refractivity contribution in [3.63, 3.8) is 0 Å². The number of allylic oxidation sites excluding steroid dienone is 9. The quantitative estimate of drug-likeness (QED) is 0.597. The van der Waals surface area contributed by atoms with Crippen LogP contribution in [0.4, 0.5) is 0 Å². The maximum absolute atomic E-state index is 6.21. The molecule has 0 spiro atoms. The lowest BCUT2D eigenvalue weighted by Gasteiger charge is -2.23. The van der Waals surface area contributed by atoms with Gasteiger partial charge < -0.3 is 5.32 Å². The molecule has 0 saturated heterocycles. The van der Waals surface area contributed by atoms with E-state index in [1.54, 1.807) is 0 Å². The molecule has 3 rings (SSSR count). The van der Waals surface area contributed by atoms with Gasteiger partial charge in [0.1, 0.15) is 0 Å². The molecule has 0 radical (unpaired) electrons. The Kier molecular flexibility index (Phi) is 3.69. The molecule has 0 aromatic carbocycles. The molecule has 1 aliphatic heterocycles. The van der Waals surface area contributed by atoms with Crippen molar-refractivity contribution in [3.8, 4) is 0 Å². The Morgan fingerprint density at radius 3 is 2.89 bits per heavy atom. The van der Waals surface area contributed by atoms with Gasteiger partial charge in [-0.15, -0.1) is 0 Å². The molecule has 3 aliphatic rings. The summed E-state index contributed by atoms with van der Waals surface area (Å²) in [5.41, 5.74) is 4.20. The number of nitrogens with zero attached hydrogens (tertiary/aromatic N) is 1. The van der Waals surface area contributed by atoms with E-state index in [-0.39, 0.29) is 5.62 Å². The predicted octanol–water partition coefficient (Wildman–Crippen LogP) is 3.99. The van der Waals surface area contributed by atoms with Crippen molar-refractivity contribution in [2.75, 3.05) is 0 Å².